The van der Waals surface area contributed by atoms with Crippen LogP contribution in [0.2, 0.25) is 0 Å². The Bertz CT molecular complexity index is 485. The van der Waals surface area contributed by atoms with Gasteiger partial charge in [0.2, 0.25) is 0 Å². The van der Waals surface area contributed by atoms with E-state index in [2.05, 4.69) is 54.4 Å². The van der Waals surface area contributed by atoms with E-state index in [9.17, 15) is 0 Å². The summed E-state index contributed by atoms with van der Waals surface area (Å²) in [5.74, 6) is 0. The Kier molecular flexibility index (Phi) is 4.68. The SMILES string of the molecule is CCCNC(Cn1cncn1)c1cc(C)cc(C)c1. The van der Waals surface area contributed by atoms with E-state index in [1.165, 1.54) is 16.7 Å². The van der Waals surface area contributed by atoms with Crippen molar-refractivity contribution in [3.8, 4) is 0 Å². The summed E-state index contributed by atoms with van der Waals surface area (Å²) in [5, 5.41) is 7.79. The van der Waals surface area contributed by atoms with E-state index in [4.69, 9.17) is 0 Å². The molecule has 1 unspecified atom stereocenters. The van der Waals surface area contributed by atoms with Crippen molar-refractivity contribution in [2.75, 3.05) is 6.54 Å². The fourth-order valence-corrected chi connectivity index (χ4v) is 2.33. The van der Waals surface area contributed by atoms with E-state index in [1.807, 2.05) is 4.68 Å². The molecule has 19 heavy (non-hydrogen) atoms. The molecule has 0 saturated heterocycles. The number of aryl methyl sites for hydroxylation is 2. The van der Waals surface area contributed by atoms with Crippen molar-refractivity contribution in [3.63, 3.8) is 0 Å². The number of rotatable bonds is 6. The van der Waals surface area contributed by atoms with Crippen LogP contribution in [0.25, 0.3) is 0 Å². The molecule has 0 aliphatic heterocycles. The zero-order valence-electron chi connectivity index (χ0n) is 11.9. The molecule has 1 heterocycles. The number of nitrogens with zero attached hydrogens (tertiary/aromatic N) is 3. The summed E-state index contributed by atoms with van der Waals surface area (Å²) >= 11 is 0. The molecule has 0 aliphatic rings. The fraction of sp³-hybridized carbons (Fsp3) is 0.467. The van der Waals surface area contributed by atoms with Gasteiger partial charge in [-0.3, -0.25) is 4.68 Å². The first-order valence-electron chi connectivity index (χ1n) is 6.83. The van der Waals surface area contributed by atoms with Gasteiger partial charge in [0.15, 0.2) is 0 Å². The molecule has 0 radical (unpaired) electrons. The Labute approximate surface area is 114 Å². The lowest BCUT2D eigenvalue weighted by molar-refractivity contribution is 0.438. The second kappa shape index (κ2) is 6.48. The molecule has 0 amide bonds. The molecule has 102 valence electrons. The van der Waals surface area contributed by atoms with Crippen LogP contribution < -0.4 is 5.32 Å². The van der Waals surface area contributed by atoms with Gasteiger partial charge < -0.3 is 5.32 Å². The second-order valence-corrected chi connectivity index (χ2v) is 5.05. The zero-order chi connectivity index (χ0) is 13.7. The number of nitrogens with one attached hydrogen (secondary N) is 1. The van der Waals surface area contributed by atoms with Gasteiger partial charge in [-0.2, -0.15) is 5.10 Å². The quantitative estimate of drug-likeness (QED) is 0.866. The maximum absolute atomic E-state index is 4.20. The van der Waals surface area contributed by atoms with Gasteiger partial charge in [0, 0.05) is 0 Å². The lowest BCUT2D eigenvalue weighted by Gasteiger charge is -2.20. The van der Waals surface area contributed by atoms with Gasteiger partial charge in [-0.15, -0.1) is 0 Å². The summed E-state index contributed by atoms with van der Waals surface area (Å²) < 4.78 is 1.88. The van der Waals surface area contributed by atoms with E-state index >= 15 is 0 Å². The van der Waals surface area contributed by atoms with Gasteiger partial charge in [0.1, 0.15) is 12.7 Å². The Morgan fingerprint density at radius 1 is 1.21 bits per heavy atom. The molecule has 4 heteroatoms. The molecule has 2 rings (SSSR count). The van der Waals surface area contributed by atoms with Crippen LogP contribution in [0.3, 0.4) is 0 Å². The molecule has 0 bridgehead atoms. The van der Waals surface area contributed by atoms with Crippen molar-refractivity contribution < 1.29 is 0 Å². The molecule has 1 N–H and O–H groups in total. The molecule has 4 nitrogen and oxygen atoms in total. The lowest BCUT2D eigenvalue weighted by atomic mass is 10.0. The largest absolute Gasteiger partial charge is 0.308 e. The van der Waals surface area contributed by atoms with Crippen LogP contribution in [0.5, 0.6) is 0 Å². The van der Waals surface area contributed by atoms with Crippen LogP contribution >= 0.6 is 0 Å². The standard InChI is InChI=1S/C15H22N4/c1-4-5-17-15(9-19-11-16-10-18-19)14-7-12(2)6-13(3)8-14/h6-8,10-11,15,17H,4-5,9H2,1-3H3. The van der Waals surface area contributed by atoms with Gasteiger partial charge in [0.05, 0.1) is 12.6 Å². The number of hydrogen-bond donors (Lipinski definition) is 1. The minimum atomic E-state index is 0.278. The minimum absolute atomic E-state index is 0.278. The van der Waals surface area contributed by atoms with E-state index in [-0.39, 0.29) is 6.04 Å². The molecule has 1 aromatic heterocycles. The van der Waals surface area contributed by atoms with Crippen LogP contribution in [0.4, 0.5) is 0 Å². The normalized spacial score (nSPS) is 12.6. The molecule has 0 aliphatic carbocycles. The van der Waals surface area contributed by atoms with E-state index in [0.29, 0.717) is 0 Å². The number of benzene rings is 1. The van der Waals surface area contributed by atoms with Crippen molar-refractivity contribution >= 4 is 0 Å². The first-order valence-corrected chi connectivity index (χ1v) is 6.83. The highest BCUT2D eigenvalue weighted by Gasteiger charge is 2.12. The molecule has 1 aromatic carbocycles. The van der Waals surface area contributed by atoms with E-state index in [0.717, 1.165) is 19.5 Å². The summed E-state index contributed by atoms with van der Waals surface area (Å²) in [6.07, 6.45) is 4.47. The maximum Gasteiger partial charge on any atom is 0.137 e. The fourth-order valence-electron chi connectivity index (χ4n) is 2.33. The lowest BCUT2D eigenvalue weighted by Crippen LogP contribution is -2.26. The summed E-state index contributed by atoms with van der Waals surface area (Å²) in [6, 6.07) is 6.98. The van der Waals surface area contributed by atoms with Gasteiger partial charge in [-0.05, 0) is 32.4 Å². The Morgan fingerprint density at radius 2 is 1.95 bits per heavy atom. The number of hydrogen-bond acceptors (Lipinski definition) is 3. The second-order valence-electron chi connectivity index (χ2n) is 5.05. The van der Waals surface area contributed by atoms with Gasteiger partial charge in [0.25, 0.3) is 0 Å². The highest BCUT2D eigenvalue weighted by Crippen LogP contribution is 2.18. The van der Waals surface area contributed by atoms with Crippen molar-refractivity contribution in [2.45, 2.75) is 39.8 Å². The highest BCUT2D eigenvalue weighted by molar-refractivity contribution is 5.30. The van der Waals surface area contributed by atoms with Crippen LogP contribution in [0.15, 0.2) is 30.9 Å². The summed E-state index contributed by atoms with van der Waals surface area (Å²) in [6.45, 7) is 8.28. The first kappa shape index (κ1) is 13.7. The zero-order valence-corrected chi connectivity index (χ0v) is 11.9. The van der Waals surface area contributed by atoms with Gasteiger partial charge in [-0.1, -0.05) is 36.2 Å². The summed E-state index contributed by atoms with van der Waals surface area (Å²) in [7, 11) is 0. The Morgan fingerprint density at radius 3 is 2.53 bits per heavy atom. The van der Waals surface area contributed by atoms with Crippen molar-refractivity contribution in [1.82, 2.24) is 20.1 Å². The predicted octanol–water partition coefficient (Wildman–Crippen LogP) is 2.64. The van der Waals surface area contributed by atoms with Crippen LogP contribution in [0.1, 0.15) is 36.1 Å². The first-order chi connectivity index (χ1) is 9.19. The van der Waals surface area contributed by atoms with Gasteiger partial charge >= 0.3 is 0 Å². The average Bonchev–Trinajstić information content (AvgIpc) is 2.86. The molecule has 0 fully saturated rings. The summed E-state index contributed by atoms with van der Waals surface area (Å²) in [4.78, 5) is 4.01. The third-order valence-electron chi connectivity index (χ3n) is 3.12. The smallest absolute Gasteiger partial charge is 0.137 e. The molecule has 0 saturated carbocycles. The Hall–Kier alpha value is -1.68. The molecule has 2 aromatic rings. The Balaban J connectivity index is 2.20. The predicted molar refractivity (Wildman–Crippen MR) is 77.0 cm³/mol. The third-order valence-corrected chi connectivity index (χ3v) is 3.12. The van der Waals surface area contributed by atoms with Crippen LogP contribution in [-0.4, -0.2) is 21.3 Å². The van der Waals surface area contributed by atoms with Crippen molar-refractivity contribution in [2.24, 2.45) is 0 Å². The monoisotopic (exact) mass is 258 g/mol. The highest BCUT2D eigenvalue weighted by atomic mass is 15.3. The molecular weight excluding hydrogens is 236 g/mol. The minimum Gasteiger partial charge on any atom is -0.308 e. The topological polar surface area (TPSA) is 42.7 Å². The van der Waals surface area contributed by atoms with Crippen LogP contribution in [-0.2, 0) is 6.54 Å². The summed E-state index contributed by atoms with van der Waals surface area (Å²) in [5.41, 5.74) is 3.93. The third kappa shape index (κ3) is 3.89. The average molecular weight is 258 g/mol. The number of aromatic nitrogens is 3. The van der Waals surface area contributed by atoms with Crippen molar-refractivity contribution in [1.29, 1.82) is 0 Å². The van der Waals surface area contributed by atoms with E-state index in [1.54, 1.807) is 12.7 Å². The van der Waals surface area contributed by atoms with E-state index < -0.39 is 0 Å². The van der Waals surface area contributed by atoms with Crippen molar-refractivity contribution in [3.05, 3.63) is 47.5 Å². The molecule has 0 spiro atoms. The molecular formula is C15H22N4. The molecule has 1 atom stereocenters. The van der Waals surface area contributed by atoms with Crippen LogP contribution in [0, 0.1) is 13.8 Å². The maximum atomic E-state index is 4.20. The van der Waals surface area contributed by atoms with Gasteiger partial charge in [-0.25, -0.2) is 4.98 Å².